The normalized spacial score (nSPS) is 18.3. The number of hydrogen-bond acceptors (Lipinski definition) is 3. The summed E-state index contributed by atoms with van der Waals surface area (Å²) in [6.07, 6.45) is 9.98. The molecule has 1 aliphatic rings. The van der Waals surface area contributed by atoms with Gasteiger partial charge < -0.3 is 5.32 Å². The summed E-state index contributed by atoms with van der Waals surface area (Å²) in [6, 6.07) is 3.39. The fourth-order valence-electron chi connectivity index (χ4n) is 2.98. The van der Waals surface area contributed by atoms with E-state index in [0.29, 0.717) is 12.1 Å². The van der Waals surface area contributed by atoms with Gasteiger partial charge in [0.25, 0.3) is 0 Å². The Labute approximate surface area is 134 Å². The van der Waals surface area contributed by atoms with E-state index in [1.165, 1.54) is 49.3 Å². The Morgan fingerprint density at radius 3 is 2.71 bits per heavy atom. The van der Waals surface area contributed by atoms with Crippen molar-refractivity contribution in [1.82, 2.24) is 15.1 Å². The van der Waals surface area contributed by atoms with Gasteiger partial charge in [0.05, 0.1) is 11.7 Å². The molecule has 1 aromatic heterocycles. The van der Waals surface area contributed by atoms with Gasteiger partial charge in [-0.25, -0.2) is 0 Å². The summed E-state index contributed by atoms with van der Waals surface area (Å²) < 4.78 is 2.22. The minimum absolute atomic E-state index is 0.531. The van der Waals surface area contributed by atoms with Crippen LogP contribution in [0.15, 0.2) is 12.3 Å². The first-order chi connectivity index (χ1) is 10.2. The van der Waals surface area contributed by atoms with Gasteiger partial charge in [0.2, 0.25) is 0 Å². The Morgan fingerprint density at radius 2 is 2.05 bits per heavy atom. The zero-order chi connectivity index (χ0) is 15.1. The monoisotopic (exact) mass is 309 g/mol. The molecule has 2 rings (SSSR count). The number of nitrogens with one attached hydrogen (secondary N) is 1. The van der Waals surface area contributed by atoms with Crippen molar-refractivity contribution in [3.8, 4) is 0 Å². The second-order valence-corrected chi connectivity index (χ2v) is 7.77. The molecule has 3 nitrogen and oxygen atoms in total. The highest BCUT2D eigenvalue weighted by atomic mass is 32.2. The van der Waals surface area contributed by atoms with Crippen LogP contribution in [0.1, 0.15) is 57.7 Å². The number of rotatable bonds is 8. The van der Waals surface area contributed by atoms with E-state index in [1.54, 1.807) is 0 Å². The van der Waals surface area contributed by atoms with Gasteiger partial charge in [-0.15, -0.1) is 0 Å². The highest BCUT2D eigenvalue weighted by molar-refractivity contribution is 7.99. The van der Waals surface area contributed by atoms with Crippen LogP contribution in [-0.4, -0.2) is 34.4 Å². The second kappa shape index (κ2) is 8.84. The lowest BCUT2D eigenvalue weighted by molar-refractivity contribution is 0.327. The van der Waals surface area contributed by atoms with Crippen LogP contribution in [0.25, 0.3) is 0 Å². The van der Waals surface area contributed by atoms with Crippen molar-refractivity contribution in [2.45, 2.75) is 64.5 Å². The Morgan fingerprint density at radius 1 is 1.29 bits per heavy atom. The summed E-state index contributed by atoms with van der Waals surface area (Å²) >= 11 is 2.05. The van der Waals surface area contributed by atoms with E-state index in [9.17, 15) is 0 Å². The molecule has 1 saturated carbocycles. The second-order valence-electron chi connectivity index (χ2n) is 6.70. The third kappa shape index (κ3) is 5.67. The van der Waals surface area contributed by atoms with E-state index in [-0.39, 0.29) is 0 Å². The molecule has 0 saturated heterocycles. The first kappa shape index (κ1) is 16.9. The summed E-state index contributed by atoms with van der Waals surface area (Å²) in [6.45, 7) is 4.57. The molecule has 1 atom stereocenters. The van der Waals surface area contributed by atoms with Crippen LogP contribution < -0.4 is 5.32 Å². The topological polar surface area (TPSA) is 29.9 Å². The standard InChI is InChI=1S/C17H31N3S/c1-14(2)12-21-13-16(18-3)11-15-9-10-20(19-15)17-7-5-4-6-8-17/h9-10,14,16-18H,4-8,11-13H2,1-3H3. The van der Waals surface area contributed by atoms with Gasteiger partial charge in [0, 0.05) is 24.4 Å². The fourth-order valence-corrected chi connectivity index (χ4v) is 4.15. The minimum Gasteiger partial charge on any atom is -0.316 e. The number of likely N-dealkylation sites (N-methyl/N-ethyl adjacent to an activating group) is 1. The number of nitrogens with zero attached hydrogens (tertiary/aromatic N) is 2. The maximum atomic E-state index is 4.83. The molecule has 0 amide bonds. The van der Waals surface area contributed by atoms with Crippen LogP contribution in [0.2, 0.25) is 0 Å². The van der Waals surface area contributed by atoms with Crippen molar-refractivity contribution >= 4 is 11.8 Å². The molecule has 0 aromatic carbocycles. The molecule has 0 radical (unpaired) electrons. The molecule has 1 aliphatic carbocycles. The lowest BCUT2D eigenvalue weighted by Crippen LogP contribution is -2.30. The zero-order valence-corrected chi connectivity index (χ0v) is 14.7. The molecule has 1 heterocycles. The van der Waals surface area contributed by atoms with Crippen LogP contribution in [0.3, 0.4) is 0 Å². The van der Waals surface area contributed by atoms with Crippen molar-refractivity contribution in [1.29, 1.82) is 0 Å². The third-order valence-electron chi connectivity index (χ3n) is 4.25. The Kier molecular flexibility index (Phi) is 7.11. The van der Waals surface area contributed by atoms with E-state index in [0.717, 1.165) is 12.3 Å². The zero-order valence-electron chi connectivity index (χ0n) is 13.8. The summed E-state index contributed by atoms with van der Waals surface area (Å²) in [5.74, 6) is 3.19. The van der Waals surface area contributed by atoms with E-state index < -0.39 is 0 Å². The van der Waals surface area contributed by atoms with Gasteiger partial charge in [-0.05, 0) is 37.6 Å². The molecule has 1 fully saturated rings. The SMILES string of the molecule is CNC(CSCC(C)C)Cc1ccn(C2CCCCC2)n1. The smallest absolute Gasteiger partial charge is 0.0640 e. The Balaban J connectivity index is 1.82. The van der Waals surface area contributed by atoms with Crippen molar-refractivity contribution in [2.24, 2.45) is 5.92 Å². The Hall–Kier alpha value is -0.480. The number of hydrogen-bond donors (Lipinski definition) is 1. The molecule has 21 heavy (non-hydrogen) atoms. The molecule has 4 heteroatoms. The van der Waals surface area contributed by atoms with Crippen molar-refractivity contribution < 1.29 is 0 Å². The fraction of sp³-hybridized carbons (Fsp3) is 0.824. The molecule has 0 bridgehead atoms. The van der Waals surface area contributed by atoms with E-state index >= 15 is 0 Å². The van der Waals surface area contributed by atoms with Crippen molar-refractivity contribution in [3.63, 3.8) is 0 Å². The lowest BCUT2D eigenvalue weighted by Gasteiger charge is -2.22. The highest BCUT2D eigenvalue weighted by Gasteiger charge is 2.17. The van der Waals surface area contributed by atoms with Crippen molar-refractivity contribution in [3.05, 3.63) is 18.0 Å². The summed E-state index contributed by atoms with van der Waals surface area (Å²) in [5, 5.41) is 8.28. The maximum absolute atomic E-state index is 4.83. The van der Waals surface area contributed by atoms with E-state index in [2.05, 4.69) is 54.9 Å². The van der Waals surface area contributed by atoms with Gasteiger partial charge in [-0.3, -0.25) is 4.68 Å². The first-order valence-electron chi connectivity index (χ1n) is 8.48. The van der Waals surface area contributed by atoms with E-state index in [4.69, 9.17) is 5.10 Å². The average molecular weight is 310 g/mol. The largest absolute Gasteiger partial charge is 0.316 e. The van der Waals surface area contributed by atoms with Crippen LogP contribution >= 0.6 is 11.8 Å². The number of aromatic nitrogens is 2. The molecule has 120 valence electrons. The van der Waals surface area contributed by atoms with Gasteiger partial charge >= 0.3 is 0 Å². The van der Waals surface area contributed by atoms with Crippen molar-refractivity contribution in [2.75, 3.05) is 18.6 Å². The molecule has 1 aromatic rings. The highest BCUT2D eigenvalue weighted by Crippen LogP contribution is 2.27. The van der Waals surface area contributed by atoms with Crippen LogP contribution in [-0.2, 0) is 6.42 Å². The van der Waals surface area contributed by atoms with Crippen LogP contribution in [0, 0.1) is 5.92 Å². The lowest BCUT2D eigenvalue weighted by atomic mass is 9.96. The molecule has 0 spiro atoms. The third-order valence-corrected chi connectivity index (χ3v) is 5.79. The summed E-state index contributed by atoms with van der Waals surface area (Å²) in [7, 11) is 2.07. The van der Waals surface area contributed by atoms with Gasteiger partial charge in [0.1, 0.15) is 0 Å². The van der Waals surface area contributed by atoms with E-state index in [1.807, 2.05) is 0 Å². The summed E-state index contributed by atoms with van der Waals surface area (Å²) in [4.78, 5) is 0. The van der Waals surface area contributed by atoms with Crippen LogP contribution in [0.4, 0.5) is 0 Å². The Bertz CT molecular complexity index is 396. The number of thioether (sulfide) groups is 1. The van der Waals surface area contributed by atoms with Gasteiger partial charge in [-0.2, -0.15) is 16.9 Å². The minimum atomic E-state index is 0.531. The quantitative estimate of drug-likeness (QED) is 0.789. The molecule has 1 N–H and O–H groups in total. The molecule has 1 unspecified atom stereocenters. The first-order valence-corrected chi connectivity index (χ1v) is 9.63. The predicted molar refractivity (Wildman–Crippen MR) is 93.1 cm³/mol. The van der Waals surface area contributed by atoms with Gasteiger partial charge in [-0.1, -0.05) is 33.1 Å². The predicted octanol–water partition coefficient (Wildman–Crippen LogP) is 3.91. The molecular weight excluding hydrogens is 278 g/mol. The van der Waals surface area contributed by atoms with Gasteiger partial charge in [0.15, 0.2) is 0 Å². The maximum Gasteiger partial charge on any atom is 0.0640 e. The average Bonchev–Trinajstić information content (AvgIpc) is 2.95. The molecule has 0 aliphatic heterocycles. The summed E-state index contributed by atoms with van der Waals surface area (Å²) in [5.41, 5.74) is 1.24. The van der Waals surface area contributed by atoms with Crippen LogP contribution in [0.5, 0.6) is 0 Å². The molecular formula is C17H31N3S.